The number of hydrogen-bond acceptors (Lipinski definition) is 4. The molecule has 0 aromatic rings. The summed E-state index contributed by atoms with van der Waals surface area (Å²) in [5.41, 5.74) is -0.992. The number of rotatable bonds is 1. The first-order valence-corrected chi connectivity index (χ1v) is 7.89. The summed E-state index contributed by atoms with van der Waals surface area (Å²) in [6.07, 6.45) is 3.86. The molecule has 1 atom stereocenters. The van der Waals surface area contributed by atoms with Crippen molar-refractivity contribution in [2.24, 2.45) is 0 Å². The van der Waals surface area contributed by atoms with E-state index in [1.807, 2.05) is 6.92 Å². The minimum Gasteiger partial charge on any atom is -0.390 e. The molecule has 17 heavy (non-hydrogen) atoms. The highest BCUT2D eigenvalue weighted by Gasteiger charge is 2.45. The maximum absolute atomic E-state index is 11.4. The quantitative estimate of drug-likeness (QED) is 0.741. The standard InChI is InChI=1S/C11H21NO4S/c1-10(13)5-8-16-11(9-10)3-6-12(7-4-11)17(2,14)15/h13H,3-9H2,1-2H3. The van der Waals surface area contributed by atoms with Gasteiger partial charge >= 0.3 is 0 Å². The molecule has 0 saturated carbocycles. The van der Waals surface area contributed by atoms with Crippen LogP contribution in [0.1, 0.15) is 32.6 Å². The summed E-state index contributed by atoms with van der Waals surface area (Å²) < 4.78 is 30.2. The summed E-state index contributed by atoms with van der Waals surface area (Å²) in [4.78, 5) is 0. The average molecular weight is 263 g/mol. The van der Waals surface area contributed by atoms with Crippen LogP contribution in [0.2, 0.25) is 0 Å². The van der Waals surface area contributed by atoms with Gasteiger partial charge in [-0.05, 0) is 26.2 Å². The molecule has 2 aliphatic heterocycles. The van der Waals surface area contributed by atoms with Gasteiger partial charge in [-0.2, -0.15) is 0 Å². The summed E-state index contributed by atoms with van der Waals surface area (Å²) in [5, 5.41) is 10.1. The Morgan fingerprint density at radius 3 is 2.29 bits per heavy atom. The van der Waals surface area contributed by atoms with Crippen LogP contribution in [0.3, 0.4) is 0 Å². The van der Waals surface area contributed by atoms with Gasteiger partial charge < -0.3 is 9.84 Å². The Hall–Kier alpha value is -0.170. The molecule has 100 valence electrons. The van der Waals surface area contributed by atoms with Crippen molar-refractivity contribution in [3.8, 4) is 0 Å². The van der Waals surface area contributed by atoms with Crippen LogP contribution in [0.15, 0.2) is 0 Å². The van der Waals surface area contributed by atoms with E-state index in [9.17, 15) is 13.5 Å². The fraction of sp³-hybridized carbons (Fsp3) is 1.00. The van der Waals surface area contributed by atoms with Crippen LogP contribution in [-0.2, 0) is 14.8 Å². The van der Waals surface area contributed by atoms with Gasteiger partial charge in [0, 0.05) is 19.5 Å². The number of piperidine rings is 1. The summed E-state index contributed by atoms with van der Waals surface area (Å²) in [6.45, 7) is 3.38. The van der Waals surface area contributed by atoms with Crippen LogP contribution < -0.4 is 0 Å². The van der Waals surface area contributed by atoms with Crippen molar-refractivity contribution in [1.82, 2.24) is 4.31 Å². The molecular weight excluding hydrogens is 242 g/mol. The molecule has 5 nitrogen and oxygen atoms in total. The zero-order chi connectivity index (χ0) is 12.7. The molecule has 2 fully saturated rings. The van der Waals surface area contributed by atoms with Gasteiger partial charge in [-0.3, -0.25) is 0 Å². The number of aliphatic hydroxyl groups is 1. The smallest absolute Gasteiger partial charge is 0.211 e. The van der Waals surface area contributed by atoms with Crippen LogP contribution in [0, 0.1) is 0 Å². The van der Waals surface area contributed by atoms with Gasteiger partial charge in [0.05, 0.1) is 24.1 Å². The highest BCUT2D eigenvalue weighted by molar-refractivity contribution is 7.88. The summed E-state index contributed by atoms with van der Waals surface area (Å²) in [7, 11) is -3.09. The molecular formula is C11H21NO4S. The Kier molecular flexibility index (Phi) is 3.27. The highest BCUT2D eigenvalue weighted by atomic mass is 32.2. The number of hydrogen-bond donors (Lipinski definition) is 1. The van der Waals surface area contributed by atoms with E-state index in [1.165, 1.54) is 10.6 Å². The molecule has 0 aromatic carbocycles. The Bertz CT molecular complexity index is 382. The molecule has 0 radical (unpaired) electrons. The van der Waals surface area contributed by atoms with Crippen LogP contribution in [0.25, 0.3) is 0 Å². The fourth-order valence-electron chi connectivity index (χ4n) is 2.87. The van der Waals surface area contributed by atoms with Crippen molar-refractivity contribution >= 4 is 10.0 Å². The first kappa shape index (κ1) is 13.3. The third kappa shape index (κ3) is 2.99. The molecule has 1 spiro atoms. The van der Waals surface area contributed by atoms with E-state index < -0.39 is 15.6 Å². The minimum absolute atomic E-state index is 0.317. The first-order valence-electron chi connectivity index (χ1n) is 6.04. The van der Waals surface area contributed by atoms with Gasteiger partial charge in [0.15, 0.2) is 0 Å². The summed E-state index contributed by atoms with van der Waals surface area (Å²) >= 11 is 0. The first-order chi connectivity index (χ1) is 7.73. The molecule has 2 saturated heterocycles. The lowest BCUT2D eigenvalue weighted by Crippen LogP contribution is -2.54. The highest BCUT2D eigenvalue weighted by Crippen LogP contribution is 2.39. The number of nitrogens with zero attached hydrogens (tertiary/aromatic N) is 1. The second-order valence-corrected chi connectivity index (χ2v) is 7.60. The SMILES string of the molecule is CC1(O)CCOC2(CCN(S(C)(=O)=O)CC2)C1. The fourth-order valence-corrected chi connectivity index (χ4v) is 3.71. The lowest BCUT2D eigenvalue weighted by Gasteiger charge is -2.47. The van der Waals surface area contributed by atoms with E-state index in [-0.39, 0.29) is 5.60 Å². The molecule has 1 N–H and O–H groups in total. The predicted molar refractivity (Wildman–Crippen MR) is 64.2 cm³/mol. The van der Waals surface area contributed by atoms with E-state index in [1.54, 1.807) is 0 Å². The third-order valence-electron chi connectivity index (χ3n) is 3.85. The van der Waals surface area contributed by atoms with E-state index in [2.05, 4.69) is 0 Å². The Labute approximate surface area is 103 Å². The molecule has 0 aromatic heterocycles. The lowest BCUT2D eigenvalue weighted by atomic mass is 9.78. The van der Waals surface area contributed by atoms with E-state index in [4.69, 9.17) is 4.74 Å². The maximum Gasteiger partial charge on any atom is 0.211 e. The predicted octanol–water partition coefficient (Wildman–Crippen LogP) is 0.342. The lowest BCUT2D eigenvalue weighted by molar-refractivity contribution is -0.168. The molecule has 2 heterocycles. The number of ether oxygens (including phenoxy) is 1. The van der Waals surface area contributed by atoms with Gasteiger partial charge in [0.1, 0.15) is 0 Å². The van der Waals surface area contributed by atoms with Crippen LogP contribution >= 0.6 is 0 Å². The van der Waals surface area contributed by atoms with E-state index in [0.29, 0.717) is 45.4 Å². The zero-order valence-electron chi connectivity index (χ0n) is 10.5. The Morgan fingerprint density at radius 1 is 1.24 bits per heavy atom. The molecule has 0 aliphatic carbocycles. The van der Waals surface area contributed by atoms with Gasteiger partial charge in [0.2, 0.25) is 10.0 Å². The molecule has 6 heteroatoms. The van der Waals surface area contributed by atoms with Crippen LogP contribution in [0.4, 0.5) is 0 Å². The van der Waals surface area contributed by atoms with Crippen molar-refractivity contribution in [1.29, 1.82) is 0 Å². The topological polar surface area (TPSA) is 66.8 Å². The largest absolute Gasteiger partial charge is 0.390 e. The van der Waals surface area contributed by atoms with Crippen LogP contribution in [0.5, 0.6) is 0 Å². The zero-order valence-corrected chi connectivity index (χ0v) is 11.3. The van der Waals surface area contributed by atoms with Crippen molar-refractivity contribution in [3.63, 3.8) is 0 Å². The maximum atomic E-state index is 11.4. The second kappa shape index (κ2) is 4.19. The Morgan fingerprint density at radius 2 is 1.82 bits per heavy atom. The third-order valence-corrected chi connectivity index (χ3v) is 5.16. The van der Waals surface area contributed by atoms with Gasteiger partial charge in [-0.1, -0.05) is 0 Å². The van der Waals surface area contributed by atoms with Crippen molar-refractivity contribution in [3.05, 3.63) is 0 Å². The molecule has 2 rings (SSSR count). The Balaban J connectivity index is 2.03. The van der Waals surface area contributed by atoms with E-state index >= 15 is 0 Å². The average Bonchev–Trinajstić information content (AvgIpc) is 2.14. The summed E-state index contributed by atoms with van der Waals surface area (Å²) in [6, 6.07) is 0. The van der Waals surface area contributed by atoms with Gasteiger partial charge in [0.25, 0.3) is 0 Å². The normalized spacial score (nSPS) is 35.0. The molecule has 0 bridgehead atoms. The number of sulfonamides is 1. The van der Waals surface area contributed by atoms with Crippen molar-refractivity contribution in [2.45, 2.75) is 43.8 Å². The molecule has 1 unspecified atom stereocenters. The minimum atomic E-state index is -3.09. The molecule has 0 amide bonds. The monoisotopic (exact) mass is 263 g/mol. The molecule has 2 aliphatic rings. The van der Waals surface area contributed by atoms with E-state index in [0.717, 1.165) is 0 Å². The summed E-state index contributed by atoms with van der Waals surface area (Å²) in [5.74, 6) is 0. The van der Waals surface area contributed by atoms with Gasteiger partial charge in [-0.15, -0.1) is 0 Å². The van der Waals surface area contributed by atoms with Crippen LogP contribution in [-0.4, -0.2) is 55.0 Å². The van der Waals surface area contributed by atoms with Crippen molar-refractivity contribution < 1.29 is 18.3 Å². The second-order valence-electron chi connectivity index (χ2n) is 5.62. The van der Waals surface area contributed by atoms with Crippen molar-refractivity contribution in [2.75, 3.05) is 26.0 Å². The van der Waals surface area contributed by atoms with Gasteiger partial charge in [-0.25, -0.2) is 12.7 Å².